The summed E-state index contributed by atoms with van der Waals surface area (Å²) in [6, 6.07) is 8.05. The molecule has 2 unspecified atom stereocenters. The normalized spacial score (nSPS) is 13.3. The minimum atomic E-state index is 0. The van der Waals surface area contributed by atoms with Crippen molar-refractivity contribution in [2.24, 2.45) is 5.73 Å². The summed E-state index contributed by atoms with van der Waals surface area (Å²) in [5.74, 6) is 0.0534. The molecule has 0 aliphatic rings. The Bertz CT molecular complexity index is 368. The Labute approximate surface area is 123 Å². The number of halogens is 2. The minimum Gasteiger partial charge on any atom is -0.350 e. The molecule has 5 heteroatoms. The second kappa shape index (κ2) is 8.51. The van der Waals surface area contributed by atoms with Gasteiger partial charge in [0, 0.05) is 16.9 Å². The number of nitrogens with one attached hydrogen (secondary N) is 1. The molecule has 2 atom stereocenters. The Morgan fingerprint density at radius 3 is 2.39 bits per heavy atom. The topological polar surface area (TPSA) is 55.1 Å². The minimum absolute atomic E-state index is 0. The highest BCUT2D eigenvalue weighted by Gasteiger charge is 2.09. The van der Waals surface area contributed by atoms with Crippen molar-refractivity contribution in [2.45, 2.75) is 38.8 Å². The molecule has 0 aliphatic heterocycles. The zero-order valence-electron chi connectivity index (χ0n) is 10.7. The van der Waals surface area contributed by atoms with Gasteiger partial charge in [-0.05, 0) is 38.0 Å². The van der Waals surface area contributed by atoms with Crippen LogP contribution in [-0.2, 0) is 4.79 Å². The van der Waals surface area contributed by atoms with E-state index in [9.17, 15) is 4.79 Å². The Balaban J connectivity index is 0.00000289. The number of amides is 1. The average Bonchev–Trinajstić information content (AvgIpc) is 2.27. The van der Waals surface area contributed by atoms with E-state index >= 15 is 0 Å². The molecule has 0 bridgehead atoms. The van der Waals surface area contributed by atoms with Gasteiger partial charge in [0.2, 0.25) is 5.91 Å². The van der Waals surface area contributed by atoms with Crippen molar-refractivity contribution in [3.8, 4) is 0 Å². The molecule has 0 radical (unpaired) electrons. The number of hydrogen-bond acceptors (Lipinski definition) is 2. The van der Waals surface area contributed by atoms with Crippen LogP contribution in [0.1, 0.15) is 38.3 Å². The third-order valence-corrected chi connectivity index (χ3v) is 3.10. The van der Waals surface area contributed by atoms with Crippen molar-refractivity contribution in [3.63, 3.8) is 0 Å². The average molecular weight is 336 g/mol. The first-order chi connectivity index (χ1) is 7.99. The van der Waals surface area contributed by atoms with Gasteiger partial charge in [-0.1, -0.05) is 28.1 Å². The molecule has 3 N–H and O–H groups in total. The van der Waals surface area contributed by atoms with E-state index in [1.165, 1.54) is 0 Å². The largest absolute Gasteiger partial charge is 0.350 e. The zero-order valence-corrected chi connectivity index (χ0v) is 13.1. The molecule has 0 aliphatic carbocycles. The van der Waals surface area contributed by atoms with E-state index < -0.39 is 0 Å². The zero-order chi connectivity index (χ0) is 12.8. The third kappa shape index (κ3) is 6.38. The molecule has 0 spiro atoms. The molecule has 1 rings (SSSR count). The summed E-state index contributed by atoms with van der Waals surface area (Å²) in [6.07, 6.45) is 1.21. The molecule has 0 fully saturated rings. The summed E-state index contributed by atoms with van der Waals surface area (Å²) in [7, 11) is 0. The molecule has 3 nitrogen and oxygen atoms in total. The molecule has 1 aromatic rings. The summed E-state index contributed by atoms with van der Waals surface area (Å²) < 4.78 is 1.04. The van der Waals surface area contributed by atoms with Crippen LogP contribution >= 0.6 is 28.3 Å². The van der Waals surface area contributed by atoms with Gasteiger partial charge in [0.15, 0.2) is 0 Å². The van der Waals surface area contributed by atoms with Gasteiger partial charge in [0.1, 0.15) is 0 Å². The van der Waals surface area contributed by atoms with E-state index in [0.29, 0.717) is 6.42 Å². The highest BCUT2D eigenvalue weighted by Crippen LogP contribution is 2.16. The van der Waals surface area contributed by atoms with Crippen molar-refractivity contribution >= 4 is 34.2 Å². The van der Waals surface area contributed by atoms with E-state index in [4.69, 9.17) is 5.73 Å². The van der Waals surface area contributed by atoms with Crippen molar-refractivity contribution in [1.29, 1.82) is 0 Å². The molecule has 102 valence electrons. The number of carbonyl (C=O) groups excluding carboxylic acids is 1. The Kier molecular flexibility index (Phi) is 8.24. The highest BCUT2D eigenvalue weighted by atomic mass is 79.9. The van der Waals surface area contributed by atoms with E-state index in [1.807, 2.05) is 38.1 Å². The summed E-state index contributed by atoms with van der Waals surface area (Å²) in [6.45, 7) is 3.89. The molecular formula is C13H20BrClN2O. The molecule has 0 saturated heterocycles. The first-order valence-corrected chi connectivity index (χ1v) is 6.58. The van der Waals surface area contributed by atoms with Gasteiger partial charge >= 0.3 is 0 Å². The monoisotopic (exact) mass is 334 g/mol. The quantitative estimate of drug-likeness (QED) is 0.868. The Morgan fingerprint density at radius 2 is 1.89 bits per heavy atom. The van der Waals surface area contributed by atoms with Crippen LogP contribution in [0.5, 0.6) is 0 Å². The van der Waals surface area contributed by atoms with Crippen LogP contribution in [0.25, 0.3) is 0 Å². The smallest absolute Gasteiger partial charge is 0.220 e. The fourth-order valence-corrected chi connectivity index (χ4v) is 1.77. The molecule has 1 aromatic carbocycles. The van der Waals surface area contributed by atoms with Crippen molar-refractivity contribution in [2.75, 3.05) is 0 Å². The maximum absolute atomic E-state index is 11.6. The lowest BCUT2D eigenvalue weighted by Crippen LogP contribution is -2.28. The van der Waals surface area contributed by atoms with Gasteiger partial charge in [-0.15, -0.1) is 12.4 Å². The van der Waals surface area contributed by atoms with Crippen LogP contribution in [0.2, 0.25) is 0 Å². The molecule has 0 heterocycles. The summed E-state index contributed by atoms with van der Waals surface area (Å²) >= 11 is 3.38. The number of nitrogens with two attached hydrogens (primary N) is 1. The number of rotatable bonds is 5. The second-order valence-electron chi connectivity index (χ2n) is 4.36. The van der Waals surface area contributed by atoms with Gasteiger partial charge in [-0.25, -0.2) is 0 Å². The molecular weight excluding hydrogens is 316 g/mol. The van der Waals surface area contributed by atoms with E-state index in [2.05, 4.69) is 21.2 Å². The Morgan fingerprint density at radius 1 is 1.33 bits per heavy atom. The van der Waals surface area contributed by atoms with E-state index in [0.717, 1.165) is 16.5 Å². The van der Waals surface area contributed by atoms with Crippen LogP contribution in [0.15, 0.2) is 28.7 Å². The van der Waals surface area contributed by atoms with Crippen LogP contribution in [0, 0.1) is 0 Å². The fourth-order valence-electron chi connectivity index (χ4n) is 1.51. The number of carbonyl (C=O) groups is 1. The lowest BCUT2D eigenvalue weighted by molar-refractivity contribution is -0.121. The van der Waals surface area contributed by atoms with Crippen LogP contribution in [-0.4, -0.2) is 11.9 Å². The first-order valence-electron chi connectivity index (χ1n) is 5.79. The van der Waals surface area contributed by atoms with E-state index in [-0.39, 0.29) is 30.4 Å². The highest BCUT2D eigenvalue weighted by molar-refractivity contribution is 9.10. The van der Waals surface area contributed by atoms with Crippen LogP contribution in [0.4, 0.5) is 0 Å². The van der Waals surface area contributed by atoms with Crippen molar-refractivity contribution < 1.29 is 4.79 Å². The lowest BCUT2D eigenvalue weighted by atomic mass is 10.1. The molecule has 0 saturated carbocycles. The fraction of sp³-hybridized carbons (Fsp3) is 0.462. The molecule has 18 heavy (non-hydrogen) atoms. The first kappa shape index (κ1) is 17.4. The van der Waals surface area contributed by atoms with Crippen LogP contribution < -0.4 is 11.1 Å². The number of benzene rings is 1. The Hall–Kier alpha value is -0.580. The summed E-state index contributed by atoms with van der Waals surface area (Å²) in [4.78, 5) is 11.6. The summed E-state index contributed by atoms with van der Waals surface area (Å²) in [5.41, 5.74) is 6.71. The van der Waals surface area contributed by atoms with Crippen molar-refractivity contribution in [1.82, 2.24) is 5.32 Å². The third-order valence-electron chi connectivity index (χ3n) is 2.57. The maximum atomic E-state index is 11.6. The SMILES string of the molecule is CC(N)CCC(=O)NC(C)c1ccc(Br)cc1.Cl. The van der Waals surface area contributed by atoms with Gasteiger partial charge in [0.25, 0.3) is 0 Å². The molecule has 1 amide bonds. The van der Waals surface area contributed by atoms with Gasteiger partial charge < -0.3 is 11.1 Å². The van der Waals surface area contributed by atoms with Crippen molar-refractivity contribution in [3.05, 3.63) is 34.3 Å². The van der Waals surface area contributed by atoms with Gasteiger partial charge in [-0.2, -0.15) is 0 Å². The maximum Gasteiger partial charge on any atom is 0.220 e. The van der Waals surface area contributed by atoms with Gasteiger partial charge in [0.05, 0.1) is 6.04 Å². The van der Waals surface area contributed by atoms with Crippen LogP contribution in [0.3, 0.4) is 0 Å². The number of hydrogen-bond donors (Lipinski definition) is 2. The predicted molar refractivity (Wildman–Crippen MR) is 80.8 cm³/mol. The predicted octanol–water partition coefficient (Wildman–Crippen LogP) is 3.18. The van der Waals surface area contributed by atoms with E-state index in [1.54, 1.807) is 0 Å². The lowest BCUT2D eigenvalue weighted by Gasteiger charge is -2.15. The molecule has 0 aromatic heterocycles. The standard InChI is InChI=1S/C13H19BrN2O.ClH/c1-9(15)3-8-13(17)16-10(2)11-4-6-12(14)7-5-11;/h4-7,9-10H,3,8,15H2,1-2H3,(H,16,17);1H. The second-order valence-corrected chi connectivity index (χ2v) is 5.27. The van der Waals surface area contributed by atoms with Gasteiger partial charge in [-0.3, -0.25) is 4.79 Å². The summed E-state index contributed by atoms with van der Waals surface area (Å²) in [5, 5.41) is 2.96.